The van der Waals surface area contributed by atoms with Crippen LogP contribution in [0.25, 0.3) is 0 Å². The molecule has 0 aliphatic carbocycles. The van der Waals surface area contributed by atoms with Crippen molar-refractivity contribution in [1.29, 1.82) is 0 Å². The Kier molecular flexibility index (Phi) is 3.71. The highest BCUT2D eigenvalue weighted by molar-refractivity contribution is 5.91. The van der Waals surface area contributed by atoms with Gasteiger partial charge in [0.15, 0.2) is 0 Å². The van der Waals surface area contributed by atoms with Gasteiger partial charge in [-0.15, -0.1) is 0 Å². The van der Waals surface area contributed by atoms with Crippen LogP contribution in [0.15, 0.2) is 12.2 Å². The second kappa shape index (κ2) is 4.09. The van der Waals surface area contributed by atoms with E-state index in [0.29, 0.717) is 12.1 Å². The Hall–Kier alpha value is -0.830. The van der Waals surface area contributed by atoms with Crippen LogP contribution in [0.2, 0.25) is 0 Å². The van der Waals surface area contributed by atoms with Gasteiger partial charge in [-0.25, -0.2) is 0 Å². The molecule has 0 saturated heterocycles. The van der Waals surface area contributed by atoms with Crippen LogP contribution in [0.3, 0.4) is 0 Å². The van der Waals surface area contributed by atoms with Gasteiger partial charge in [-0.2, -0.15) is 0 Å². The Labute approximate surface area is 54.9 Å². The topological polar surface area (TPSA) is 56.7 Å². The maximum Gasteiger partial charge on any atom is 0.246 e. The molecular formula is C6H13N2O+. The standard InChI is InChI=1S/C6H12N2O/c1-5(2)6(9)8-4-3-7/h1,3-4,7H2,2H3,(H,8,9)/p+1. The molecule has 0 aromatic rings. The monoisotopic (exact) mass is 129 g/mol. The minimum Gasteiger partial charge on any atom is -0.356 e. The van der Waals surface area contributed by atoms with E-state index >= 15 is 0 Å². The fourth-order valence-corrected chi connectivity index (χ4v) is 0.353. The Balaban J connectivity index is 3.39. The van der Waals surface area contributed by atoms with Crippen molar-refractivity contribution in [1.82, 2.24) is 5.32 Å². The van der Waals surface area contributed by atoms with E-state index < -0.39 is 0 Å². The number of carbonyl (C=O) groups is 1. The van der Waals surface area contributed by atoms with Gasteiger partial charge in [0.25, 0.3) is 0 Å². The fourth-order valence-electron chi connectivity index (χ4n) is 0.353. The molecule has 0 fully saturated rings. The van der Waals surface area contributed by atoms with Crippen LogP contribution in [-0.2, 0) is 4.79 Å². The molecule has 1 amide bonds. The lowest BCUT2D eigenvalue weighted by Gasteiger charge is -1.98. The van der Waals surface area contributed by atoms with Gasteiger partial charge in [-0.05, 0) is 6.92 Å². The van der Waals surface area contributed by atoms with Crippen molar-refractivity contribution < 1.29 is 10.5 Å². The predicted octanol–water partition coefficient (Wildman–Crippen LogP) is -1.08. The molecule has 0 aliphatic heterocycles. The SMILES string of the molecule is C=C(C)C(=O)NCC[NH3+]. The molecule has 0 bridgehead atoms. The zero-order chi connectivity index (χ0) is 7.28. The average Bonchev–Trinajstić information content (AvgIpc) is 1.82. The maximum atomic E-state index is 10.7. The van der Waals surface area contributed by atoms with E-state index in [9.17, 15) is 4.79 Å². The zero-order valence-corrected chi connectivity index (χ0v) is 5.74. The second-order valence-corrected chi connectivity index (χ2v) is 1.89. The summed E-state index contributed by atoms with van der Waals surface area (Å²) in [5.41, 5.74) is 4.12. The first kappa shape index (κ1) is 8.17. The van der Waals surface area contributed by atoms with E-state index in [1.165, 1.54) is 0 Å². The highest BCUT2D eigenvalue weighted by Crippen LogP contribution is 1.82. The molecular weight excluding hydrogens is 116 g/mol. The first-order chi connectivity index (χ1) is 4.18. The third-order valence-corrected chi connectivity index (χ3v) is 0.850. The van der Waals surface area contributed by atoms with Crippen LogP contribution >= 0.6 is 0 Å². The summed E-state index contributed by atoms with van der Waals surface area (Å²) in [6.45, 7) is 6.51. The normalized spacial score (nSPS) is 8.67. The smallest absolute Gasteiger partial charge is 0.246 e. The molecule has 0 aromatic carbocycles. The molecule has 0 atom stereocenters. The van der Waals surface area contributed by atoms with Gasteiger partial charge >= 0.3 is 0 Å². The summed E-state index contributed by atoms with van der Waals surface area (Å²) >= 11 is 0. The van der Waals surface area contributed by atoms with Crippen LogP contribution < -0.4 is 11.1 Å². The fraction of sp³-hybridized carbons (Fsp3) is 0.500. The molecule has 0 radical (unpaired) electrons. The molecule has 9 heavy (non-hydrogen) atoms. The molecule has 0 unspecified atom stereocenters. The second-order valence-electron chi connectivity index (χ2n) is 1.89. The molecule has 0 rings (SSSR count). The lowest BCUT2D eigenvalue weighted by Crippen LogP contribution is -2.54. The Morgan fingerprint density at radius 3 is 2.67 bits per heavy atom. The number of quaternary nitrogens is 1. The van der Waals surface area contributed by atoms with Gasteiger partial charge in [-0.1, -0.05) is 6.58 Å². The van der Waals surface area contributed by atoms with Crippen LogP contribution in [0.1, 0.15) is 6.92 Å². The summed E-state index contributed by atoms with van der Waals surface area (Å²) in [6.07, 6.45) is 0. The van der Waals surface area contributed by atoms with E-state index in [2.05, 4.69) is 17.6 Å². The molecule has 0 spiro atoms. The number of carbonyl (C=O) groups excluding carboxylic acids is 1. The molecule has 3 heteroatoms. The quantitative estimate of drug-likeness (QED) is 0.468. The zero-order valence-electron chi connectivity index (χ0n) is 5.74. The molecule has 0 aliphatic rings. The van der Waals surface area contributed by atoms with E-state index in [4.69, 9.17) is 0 Å². The summed E-state index contributed by atoms with van der Waals surface area (Å²) in [5, 5.41) is 2.63. The molecule has 4 N–H and O–H groups in total. The highest BCUT2D eigenvalue weighted by atomic mass is 16.1. The van der Waals surface area contributed by atoms with Crippen molar-refractivity contribution in [3.63, 3.8) is 0 Å². The Morgan fingerprint density at radius 2 is 2.33 bits per heavy atom. The van der Waals surface area contributed by atoms with Gasteiger partial charge in [0.1, 0.15) is 0 Å². The van der Waals surface area contributed by atoms with Crippen molar-refractivity contribution in [2.24, 2.45) is 0 Å². The van der Waals surface area contributed by atoms with Crippen molar-refractivity contribution in [3.05, 3.63) is 12.2 Å². The number of hydrogen-bond acceptors (Lipinski definition) is 1. The van der Waals surface area contributed by atoms with Crippen molar-refractivity contribution >= 4 is 5.91 Å². The van der Waals surface area contributed by atoms with Gasteiger partial charge in [0.2, 0.25) is 5.91 Å². The van der Waals surface area contributed by atoms with Crippen molar-refractivity contribution in [2.45, 2.75) is 6.92 Å². The number of amides is 1. The van der Waals surface area contributed by atoms with Gasteiger partial charge in [0, 0.05) is 5.57 Å². The lowest BCUT2D eigenvalue weighted by atomic mass is 10.3. The average molecular weight is 129 g/mol. The first-order valence-electron chi connectivity index (χ1n) is 2.91. The Bertz CT molecular complexity index is 120. The molecule has 0 heterocycles. The summed E-state index contributed by atoms with van der Waals surface area (Å²) in [6, 6.07) is 0. The van der Waals surface area contributed by atoms with Crippen LogP contribution in [0, 0.1) is 0 Å². The highest BCUT2D eigenvalue weighted by Gasteiger charge is 1.97. The van der Waals surface area contributed by atoms with Crippen LogP contribution in [-0.4, -0.2) is 19.0 Å². The summed E-state index contributed by atoms with van der Waals surface area (Å²) in [7, 11) is 0. The minimum atomic E-state index is -0.0846. The first-order valence-corrected chi connectivity index (χ1v) is 2.91. The van der Waals surface area contributed by atoms with Crippen LogP contribution in [0.4, 0.5) is 0 Å². The van der Waals surface area contributed by atoms with Gasteiger partial charge < -0.3 is 11.1 Å². The summed E-state index contributed by atoms with van der Waals surface area (Å²) in [4.78, 5) is 10.7. The summed E-state index contributed by atoms with van der Waals surface area (Å²) in [5.74, 6) is -0.0846. The molecule has 0 aromatic heterocycles. The molecule has 0 saturated carbocycles. The third-order valence-electron chi connectivity index (χ3n) is 0.850. The van der Waals surface area contributed by atoms with Crippen molar-refractivity contribution in [2.75, 3.05) is 13.1 Å². The number of rotatable bonds is 3. The summed E-state index contributed by atoms with van der Waals surface area (Å²) < 4.78 is 0. The van der Waals surface area contributed by atoms with Gasteiger partial charge in [-0.3, -0.25) is 4.79 Å². The van der Waals surface area contributed by atoms with E-state index in [1.807, 2.05) is 0 Å². The molecule has 3 nitrogen and oxygen atoms in total. The maximum absolute atomic E-state index is 10.7. The number of nitrogens with one attached hydrogen (secondary N) is 1. The largest absolute Gasteiger partial charge is 0.356 e. The van der Waals surface area contributed by atoms with E-state index in [1.54, 1.807) is 6.92 Å². The third kappa shape index (κ3) is 3.73. The number of hydrogen-bond donors (Lipinski definition) is 2. The van der Waals surface area contributed by atoms with Gasteiger partial charge in [0.05, 0.1) is 13.1 Å². The van der Waals surface area contributed by atoms with Crippen LogP contribution in [0.5, 0.6) is 0 Å². The molecule has 52 valence electrons. The predicted molar refractivity (Wildman–Crippen MR) is 35.6 cm³/mol. The van der Waals surface area contributed by atoms with Crippen molar-refractivity contribution in [3.8, 4) is 0 Å². The van der Waals surface area contributed by atoms with E-state index in [0.717, 1.165) is 6.54 Å². The Morgan fingerprint density at radius 1 is 1.78 bits per heavy atom. The minimum absolute atomic E-state index is 0.0846. The lowest BCUT2D eigenvalue weighted by molar-refractivity contribution is -0.364. The van der Waals surface area contributed by atoms with E-state index in [-0.39, 0.29) is 5.91 Å².